The molecule has 1 aromatic carbocycles. The van der Waals surface area contributed by atoms with E-state index in [4.69, 9.17) is 0 Å². The first-order valence-electron chi connectivity index (χ1n) is 9.36. The molecule has 2 nitrogen and oxygen atoms in total. The third-order valence-electron chi connectivity index (χ3n) is 6.02. The molecule has 0 N–H and O–H groups in total. The lowest BCUT2D eigenvalue weighted by Gasteiger charge is -2.21. The van der Waals surface area contributed by atoms with Crippen molar-refractivity contribution in [2.45, 2.75) is 79.1 Å². The standard InChI is InChI=1S/C22H32O2/c1-17(23)21(3,4)13-7-11-19-9-5-6-10-20(19)12-8-14-22(15-16-22)18(2)24/h5-6,9-10H,7-8,11-16H2,1-4H3. The average Bonchev–Trinajstić information content (AvgIpc) is 3.30. The minimum absolute atomic E-state index is 0.0282. The summed E-state index contributed by atoms with van der Waals surface area (Å²) in [5.74, 6) is 0.650. The molecular formula is C22H32O2. The third kappa shape index (κ3) is 4.78. The molecule has 24 heavy (non-hydrogen) atoms. The van der Waals surface area contributed by atoms with E-state index in [0.717, 1.165) is 51.4 Å². The zero-order valence-electron chi connectivity index (χ0n) is 15.8. The lowest BCUT2D eigenvalue weighted by atomic mass is 9.82. The predicted octanol–water partition coefficient (Wildman–Crippen LogP) is 5.32. The number of rotatable bonds is 10. The molecular weight excluding hydrogens is 296 g/mol. The van der Waals surface area contributed by atoms with Crippen molar-refractivity contribution in [3.63, 3.8) is 0 Å². The summed E-state index contributed by atoms with van der Waals surface area (Å²) < 4.78 is 0. The summed E-state index contributed by atoms with van der Waals surface area (Å²) in [4.78, 5) is 23.3. The topological polar surface area (TPSA) is 34.1 Å². The van der Waals surface area contributed by atoms with Gasteiger partial charge in [-0.3, -0.25) is 9.59 Å². The van der Waals surface area contributed by atoms with Crippen LogP contribution in [0, 0.1) is 10.8 Å². The molecule has 0 radical (unpaired) electrons. The van der Waals surface area contributed by atoms with E-state index in [1.807, 2.05) is 13.8 Å². The third-order valence-corrected chi connectivity index (χ3v) is 6.02. The highest BCUT2D eigenvalue weighted by molar-refractivity contribution is 5.84. The highest BCUT2D eigenvalue weighted by Crippen LogP contribution is 2.50. The van der Waals surface area contributed by atoms with Crippen LogP contribution in [0.2, 0.25) is 0 Å². The molecule has 0 spiro atoms. The quantitative estimate of drug-likeness (QED) is 0.583. The Kier molecular flexibility index (Phi) is 6.01. The van der Waals surface area contributed by atoms with Gasteiger partial charge in [-0.05, 0) is 76.3 Å². The number of hydrogen-bond acceptors (Lipinski definition) is 2. The van der Waals surface area contributed by atoms with E-state index >= 15 is 0 Å². The minimum Gasteiger partial charge on any atom is -0.299 e. The largest absolute Gasteiger partial charge is 0.299 e. The molecule has 0 amide bonds. The summed E-state index contributed by atoms with van der Waals surface area (Å²) in [6.07, 6.45) is 8.37. The fourth-order valence-electron chi connectivity index (χ4n) is 3.49. The Balaban J connectivity index is 1.86. The van der Waals surface area contributed by atoms with Crippen molar-refractivity contribution in [1.29, 1.82) is 0 Å². The summed E-state index contributed by atoms with van der Waals surface area (Å²) in [5.41, 5.74) is 2.64. The first kappa shape index (κ1) is 18.9. The maximum absolute atomic E-state index is 11.7. The molecule has 2 heteroatoms. The predicted molar refractivity (Wildman–Crippen MR) is 99.1 cm³/mol. The molecule has 1 aromatic rings. The van der Waals surface area contributed by atoms with Gasteiger partial charge in [0.15, 0.2) is 0 Å². The van der Waals surface area contributed by atoms with E-state index in [1.54, 1.807) is 13.8 Å². The van der Waals surface area contributed by atoms with Crippen LogP contribution in [-0.2, 0) is 22.4 Å². The van der Waals surface area contributed by atoms with E-state index in [9.17, 15) is 9.59 Å². The molecule has 1 fully saturated rings. The normalized spacial score (nSPS) is 16.0. The lowest BCUT2D eigenvalue weighted by Crippen LogP contribution is -2.21. The zero-order chi connectivity index (χ0) is 17.8. The SMILES string of the molecule is CC(=O)C(C)(C)CCCc1ccccc1CCCC1(C(C)=O)CC1. The summed E-state index contributed by atoms with van der Waals surface area (Å²) >= 11 is 0. The van der Waals surface area contributed by atoms with Crippen molar-refractivity contribution in [3.8, 4) is 0 Å². The van der Waals surface area contributed by atoms with Crippen molar-refractivity contribution >= 4 is 11.6 Å². The van der Waals surface area contributed by atoms with Gasteiger partial charge in [0.2, 0.25) is 0 Å². The Morgan fingerprint density at radius 2 is 1.54 bits per heavy atom. The molecule has 0 atom stereocenters. The number of hydrogen-bond donors (Lipinski definition) is 0. The van der Waals surface area contributed by atoms with Crippen LogP contribution in [0.3, 0.4) is 0 Å². The van der Waals surface area contributed by atoms with Crippen LogP contribution in [0.5, 0.6) is 0 Å². The summed E-state index contributed by atoms with van der Waals surface area (Å²) in [7, 11) is 0. The van der Waals surface area contributed by atoms with Gasteiger partial charge >= 0.3 is 0 Å². The van der Waals surface area contributed by atoms with Gasteiger partial charge < -0.3 is 0 Å². The van der Waals surface area contributed by atoms with Gasteiger partial charge in [-0.1, -0.05) is 38.1 Å². The van der Waals surface area contributed by atoms with E-state index in [-0.39, 0.29) is 16.6 Å². The van der Waals surface area contributed by atoms with Crippen LogP contribution in [0.4, 0.5) is 0 Å². The van der Waals surface area contributed by atoms with Crippen molar-refractivity contribution in [3.05, 3.63) is 35.4 Å². The molecule has 1 aliphatic rings. The second-order valence-electron chi connectivity index (χ2n) is 8.25. The molecule has 1 aliphatic carbocycles. The van der Waals surface area contributed by atoms with Crippen molar-refractivity contribution in [2.75, 3.05) is 0 Å². The minimum atomic E-state index is -0.214. The van der Waals surface area contributed by atoms with Crippen molar-refractivity contribution in [1.82, 2.24) is 0 Å². The first-order valence-corrected chi connectivity index (χ1v) is 9.36. The van der Waals surface area contributed by atoms with E-state index < -0.39 is 0 Å². The van der Waals surface area contributed by atoms with Gasteiger partial charge in [0, 0.05) is 10.8 Å². The number of aryl methyl sites for hydroxylation is 2. The Morgan fingerprint density at radius 3 is 2.00 bits per heavy atom. The number of ketones is 2. The Morgan fingerprint density at radius 1 is 1.00 bits per heavy atom. The van der Waals surface area contributed by atoms with E-state index in [2.05, 4.69) is 24.3 Å². The lowest BCUT2D eigenvalue weighted by molar-refractivity contribution is -0.125. The van der Waals surface area contributed by atoms with Gasteiger partial charge in [0.25, 0.3) is 0 Å². The molecule has 1 saturated carbocycles. The number of benzene rings is 1. The van der Waals surface area contributed by atoms with Crippen LogP contribution in [-0.4, -0.2) is 11.6 Å². The number of carbonyl (C=O) groups excluding carboxylic acids is 2. The summed E-state index contributed by atoms with van der Waals surface area (Å²) in [6.45, 7) is 7.52. The number of Topliss-reactive ketones (excluding diaryl/α,β-unsaturated/α-hetero) is 2. The maximum Gasteiger partial charge on any atom is 0.135 e. The molecule has 2 rings (SSSR count). The van der Waals surface area contributed by atoms with E-state index in [0.29, 0.717) is 5.78 Å². The van der Waals surface area contributed by atoms with Crippen LogP contribution >= 0.6 is 0 Å². The van der Waals surface area contributed by atoms with Crippen LogP contribution in [0.15, 0.2) is 24.3 Å². The van der Waals surface area contributed by atoms with E-state index in [1.165, 1.54) is 11.1 Å². The van der Waals surface area contributed by atoms with Gasteiger partial charge in [0.05, 0.1) is 0 Å². The Bertz CT molecular complexity index is 553. The fraction of sp³-hybridized carbons (Fsp3) is 0.636. The van der Waals surface area contributed by atoms with Crippen LogP contribution < -0.4 is 0 Å². The van der Waals surface area contributed by atoms with Crippen molar-refractivity contribution < 1.29 is 9.59 Å². The van der Waals surface area contributed by atoms with Gasteiger partial charge in [-0.2, -0.15) is 0 Å². The molecule has 0 heterocycles. The highest BCUT2D eigenvalue weighted by atomic mass is 16.1. The van der Waals surface area contributed by atoms with Crippen LogP contribution in [0.25, 0.3) is 0 Å². The number of carbonyl (C=O) groups is 2. The van der Waals surface area contributed by atoms with Gasteiger partial charge in [-0.15, -0.1) is 0 Å². The smallest absolute Gasteiger partial charge is 0.135 e. The highest BCUT2D eigenvalue weighted by Gasteiger charge is 2.46. The molecule has 0 bridgehead atoms. The molecule has 0 aromatic heterocycles. The summed E-state index contributed by atoms with van der Waals surface area (Å²) in [5, 5.41) is 0. The van der Waals surface area contributed by atoms with Crippen LogP contribution in [0.1, 0.15) is 77.3 Å². The fourth-order valence-corrected chi connectivity index (χ4v) is 3.49. The zero-order valence-corrected chi connectivity index (χ0v) is 15.8. The van der Waals surface area contributed by atoms with Gasteiger partial charge in [-0.25, -0.2) is 0 Å². The molecule has 0 aliphatic heterocycles. The molecule has 0 unspecified atom stereocenters. The first-order chi connectivity index (χ1) is 11.3. The van der Waals surface area contributed by atoms with Gasteiger partial charge in [0.1, 0.15) is 11.6 Å². The second kappa shape index (κ2) is 7.63. The molecule has 132 valence electrons. The Hall–Kier alpha value is -1.44. The monoisotopic (exact) mass is 328 g/mol. The second-order valence-corrected chi connectivity index (χ2v) is 8.25. The molecule has 0 saturated heterocycles. The van der Waals surface area contributed by atoms with Crippen molar-refractivity contribution in [2.24, 2.45) is 10.8 Å². The summed E-state index contributed by atoms with van der Waals surface area (Å²) in [6, 6.07) is 8.65. The average molecular weight is 328 g/mol. The maximum atomic E-state index is 11.7. The Labute approximate surface area is 147 Å².